The Kier molecular flexibility index (Phi) is 4.58. The number of amides is 1. The predicted molar refractivity (Wildman–Crippen MR) is 77.9 cm³/mol. The van der Waals surface area contributed by atoms with Gasteiger partial charge in [-0.2, -0.15) is 0 Å². The van der Waals surface area contributed by atoms with Gasteiger partial charge in [-0.3, -0.25) is 4.79 Å². The third-order valence-electron chi connectivity index (χ3n) is 2.82. The van der Waals surface area contributed by atoms with Crippen molar-refractivity contribution in [1.82, 2.24) is 5.32 Å². The number of ether oxygens (including phenoxy) is 1. The van der Waals surface area contributed by atoms with E-state index in [9.17, 15) is 4.79 Å². The van der Waals surface area contributed by atoms with Gasteiger partial charge in [0.05, 0.1) is 12.7 Å². The fraction of sp³-hybridized carbons (Fsp3) is 0.267. The molecule has 0 radical (unpaired) electrons. The Labute approximate surface area is 117 Å². The zero-order valence-electron chi connectivity index (χ0n) is 11.1. The monoisotopic (exact) mass is 275 g/mol. The summed E-state index contributed by atoms with van der Waals surface area (Å²) in [7, 11) is 1.57. The van der Waals surface area contributed by atoms with Gasteiger partial charge in [-0.1, -0.05) is 18.2 Å². The molecule has 1 heterocycles. The summed E-state index contributed by atoms with van der Waals surface area (Å²) in [4.78, 5) is 13.4. The first-order chi connectivity index (χ1) is 9.20. The summed E-state index contributed by atoms with van der Waals surface area (Å²) in [6.45, 7) is 2.01. The van der Waals surface area contributed by atoms with Crippen LogP contribution in [0.3, 0.4) is 0 Å². The van der Waals surface area contributed by atoms with E-state index in [0.717, 1.165) is 6.42 Å². The van der Waals surface area contributed by atoms with E-state index < -0.39 is 0 Å². The molecule has 2 rings (SSSR count). The molecule has 1 aromatic carbocycles. The van der Waals surface area contributed by atoms with Crippen molar-refractivity contribution in [3.05, 3.63) is 52.2 Å². The first-order valence-corrected chi connectivity index (χ1v) is 7.05. The highest BCUT2D eigenvalue weighted by Gasteiger charge is 2.14. The van der Waals surface area contributed by atoms with Crippen molar-refractivity contribution >= 4 is 17.2 Å². The second kappa shape index (κ2) is 6.38. The molecule has 0 bridgehead atoms. The van der Waals surface area contributed by atoms with Crippen LogP contribution in [-0.2, 0) is 6.42 Å². The van der Waals surface area contributed by atoms with Gasteiger partial charge in [-0.05, 0) is 30.5 Å². The molecule has 1 N–H and O–H groups in total. The summed E-state index contributed by atoms with van der Waals surface area (Å²) in [5, 5.41) is 5.04. The van der Waals surface area contributed by atoms with Crippen LogP contribution in [0.5, 0.6) is 5.75 Å². The van der Waals surface area contributed by atoms with Crippen molar-refractivity contribution < 1.29 is 9.53 Å². The maximum atomic E-state index is 12.2. The molecule has 0 aliphatic carbocycles. The minimum Gasteiger partial charge on any atom is -0.496 e. The van der Waals surface area contributed by atoms with Crippen molar-refractivity contribution in [3.63, 3.8) is 0 Å². The first-order valence-electron chi connectivity index (χ1n) is 6.17. The normalized spacial score (nSPS) is 11.9. The van der Waals surface area contributed by atoms with Crippen LogP contribution < -0.4 is 10.1 Å². The Morgan fingerprint density at radius 2 is 2.11 bits per heavy atom. The van der Waals surface area contributed by atoms with E-state index in [-0.39, 0.29) is 11.9 Å². The maximum absolute atomic E-state index is 12.2. The Balaban J connectivity index is 2.00. The quantitative estimate of drug-likeness (QED) is 0.910. The van der Waals surface area contributed by atoms with Crippen LogP contribution in [0.15, 0.2) is 41.8 Å². The molecule has 3 nitrogen and oxygen atoms in total. The van der Waals surface area contributed by atoms with Gasteiger partial charge < -0.3 is 10.1 Å². The Morgan fingerprint density at radius 3 is 2.79 bits per heavy atom. The van der Waals surface area contributed by atoms with Crippen LogP contribution in [0.4, 0.5) is 0 Å². The molecule has 0 fully saturated rings. The van der Waals surface area contributed by atoms with Gasteiger partial charge in [0.2, 0.25) is 0 Å². The fourth-order valence-corrected chi connectivity index (χ4v) is 2.75. The van der Waals surface area contributed by atoms with Crippen molar-refractivity contribution in [1.29, 1.82) is 0 Å². The molecular formula is C15H17NO2S. The molecular weight excluding hydrogens is 258 g/mol. The summed E-state index contributed by atoms with van der Waals surface area (Å²) in [6, 6.07) is 11.4. The smallest absolute Gasteiger partial charge is 0.255 e. The van der Waals surface area contributed by atoms with Gasteiger partial charge in [0.25, 0.3) is 5.91 Å². The Hall–Kier alpha value is -1.81. The zero-order chi connectivity index (χ0) is 13.7. The fourth-order valence-electron chi connectivity index (χ4n) is 1.92. The molecule has 1 atom stereocenters. The average Bonchev–Trinajstić information content (AvgIpc) is 2.91. The number of methoxy groups -OCH3 is 1. The van der Waals surface area contributed by atoms with Crippen LogP contribution in [0.1, 0.15) is 22.2 Å². The molecule has 1 aromatic heterocycles. The van der Waals surface area contributed by atoms with E-state index >= 15 is 0 Å². The van der Waals surface area contributed by atoms with E-state index in [1.54, 1.807) is 30.6 Å². The summed E-state index contributed by atoms with van der Waals surface area (Å²) in [5.74, 6) is 0.504. The molecule has 100 valence electrons. The van der Waals surface area contributed by atoms with Gasteiger partial charge in [-0.15, -0.1) is 11.3 Å². The lowest BCUT2D eigenvalue weighted by Gasteiger charge is -2.14. The standard InChI is InChI=1S/C15H17NO2S/c1-11(10-12-6-5-9-19-12)16-15(17)13-7-3-4-8-14(13)18-2/h3-9,11H,10H2,1-2H3,(H,16,17). The van der Waals surface area contributed by atoms with Crippen molar-refractivity contribution in [2.75, 3.05) is 7.11 Å². The molecule has 19 heavy (non-hydrogen) atoms. The molecule has 4 heteroatoms. The van der Waals surface area contributed by atoms with Gasteiger partial charge in [0.1, 0.15) is 5.75 Å². The molecule has 1 amide bonds. The number of hydrogen-bond acceptors (Lipinski definition) is 3. The minimum absolute atomic E-state index is 0.0936. The van der Waals surface area contributed by atoms with Gasteiger partial charge in [0.15, 0.2) is 0 Å². The number of carbonyl (C=O) groups excluding carboxylic acids is 1. The number of benzene rings is 1. The van der Waals surface area contributed by atoms with Crippen LogP contribution in [0.25, 0.3) is 0 Å². The number of carbonyl (C=O) groups is 1. The second-order valence-corrected chi connectivity index (χ2v) is 5.39. The van der Waals surface area contributed by atoms with E-state index in [4.69, 9.17) is 4.74 Å². The second-order valence-electron chi connectivity index (χ2n) is 4.36. The summed E-state index contributed by atoms with van der Waals surface area (Å²) in [6.07, 6.45) is 0.846. The summed E-state index contributed by atoms with van der Waals surface area (Å²) in [5.41, 5.74) is 0.572. The lowest BCUT2D eigenvalue weighted by molar-refractivity contribution is 0.0937. The van der Waals surface area contributed by atoms with Gasteiger partial charge in [-0.25, -0.2) is 0 Å². The van der Waals surface area contributed by atoms with Crippen LogP contribution in [0.2, 0.25) is 0 Å². The van der Waals surface area contributed by atoms with Gasteiger partial charge >= 0.3 is 0 Å². The SMILES string of the molecule is COc1ccccc1C(=O)NC(C)Cc1cccs1. The average molecular weight is 275 g/mol. The summed E-state index contributed by atoms with van der Waals surface area (Å²) < 4.78 is 5.20. The molecule has 0 saturated carbocycles. The largest absolute Gasteiger partial charge is 0.496 e. The Morgan fingerprint density at radius 1 is 1.32 bits per heavy atom. The van der Waals surface area contributed by atoms with E-state index in [1.165, 1.54) is 4.88 Å². The molecule has 2 aromatic rings. The summed E-state index contributed by atoms with van der Waals surface area (Å²) >= 11 is 1.71. The third-order valence-corrected chi connectivity index (χ3v) is 3.72. The van der Waals surface area contributed by atoms with Crippen molar-refractivity contribution in [3.8, 4) is 5.75 Å². The molecule has 0 spiro atoms. The minimum atomic E-state index is -0.0958. The predicted octanol–water partition coefficient (Wildman–Crippen LogP) is 3.12. The van der Waals surface area contributed by atoms with E-state index in [1.807, 2.05) is 30.5 Å². The van der Waals surface area contributed by atoms with Crippen molar-refractivity contribution in [2.24, 2.45) is 0 Å². The van der Waals surface area contributed by atoms with Gasteiger partial charge in [0, 0.05) is 17.3 Å². The molecule has 1 unspecified atom stereocenters. The highest BCUT2D eigenvalue weighted by atomic mass is 32.1. The first kappa shape index (κ1) is 13.6. The maximum Gasteiger partial charge on any atom is 0.255 e. The van der Waals surface area contributed by atoms with Crippen molar-refractivity contribution in [2.45, 2.75) is 19.4 Å². The van der Waals surface area contributed by atoms with E-state index in [2.05, 4.69) is 11.4 Å². The number of nitrogens with one attached hydrogen (secondary N) is 1. The highest BCUT2D eigenvalue weighted by molar-refractivity contribution is 7.09. The lowest BCUT2D eigenvalue weighted by Crippen LogP contribution is -2.34. The lowest BCUT2D eigenvalue weighted by atomic mass is 10.1. The Bertz CT molecular complexity index is 537. The third kappa shape index (κ3) is 3.58. The number of thiophene rings is 1. The van der Waals surface area contributed by atoms with Crippen LogP contribution in [-0.4, -0.2) is 19.1 Å². The van der Waals surface area contributed by atoms with E-state index in [0.29, 0.717) is 11.3 Å². The highest BCUT2D eigenvalue weighted by Crippen LogP contribution is 2.17. The number of rotatable bonds is 5. The molecule has 0 saturated heterocycles. The van der Waals surface area contributed by atoms with Crippen LogP contribution in [0, 0.1) is 0 Å². The molecule has 0 aliphatic heterocycles. The van der Waals surface area contributed by atoms with Crippen LogP contribution >= 0.6 is 11.3 Å². The zero-order valence-corrected chi connectivity index (χ0v) is 11.9. The number of hydrogen-bond donors (Lipinski definition) is 1. The topological polar surface area (TPSA) is 38.3 Å². The molecule has 0 aliphatic rings. The number of para-hydroxylation sites is 1.